The summed E-state index contributed by atoms with van der Waals surface area (Å²) in [6, 6.07) is 16.6. The number of rotatable bonds is 7. The minimum absolute atomic E-state index is 0.0479. The first-order valence-electron chi connectivity index (χ1n) is 11.4. The summed E-state index contributed by atoms with van der Waals surface area (Å²) in [7, 11) is 0. The molecule has 0 aliphatic heterocycles. The van der Waals surface area contributed by atoms with Crippen LogP contribution in [0.2, 0.25) is 0 Å². The van der Waals surface area contributed by atoms with Gasteiger partial charge in [0.25, 0.3) is 0 Å². The summed E-state index contributed by atoms with van der Waals surface area (Å²) in [6.07, 6.45) is 0.433. The van der Waals surface area contributed by atoms with Crippen molar-refractivity contribution in [3.05, 3.63) is 60.7 Å². The van der Waals surface area contributed by atoms with Crippen LogP contribution in [-0.4, -0.2) is 45.5 Å². The van der Waals surface area contributed by atoms with E-state index in [4.69, 9.17) is 0 Å². The predicted octanol–water partition coefficient (Wildman–Crippen LogP) is 3.23. The van der Waals surface area contributed by atoms with Crippen molar-refractivity contribution in [2.24, 2.45) is 0 Å². The van der Waals surface area contributed by atoms with Gasteiger partial charge in [-0.05, 0) is 37.1 Å². The van der Waals surface area contributed by atoms with Crippen molar-refractivity contribution >= 4 is 46.8 Å². The van der Waals surface area contributed by atoms with Crippen LogP contribution in [0.3, 0.4) is 0 Å². The molecule has 0 atom stereocenters. The highest BCUT2D eigenvalue weighted by atomic mass is 16.2. The molecule has 190 valence electrons. The monoisotopic (exact) mass is 494 g/mol. The number of benzene rings is 2. The molecule has 10 nitrogen and oxygen atoms in total. The molecule has 0 aliphatic carbocycles. The Morgan fingerprint density at radius 2 is 0.778 bits per heavy atom. The van der Waals surface area contributed by atoms with Crippen molar-refractivity contribution in [1.29, 1.82) is 0 Å². The summed E-state index contributed by atoms with van der Waals surface area (Å²) in [6.45, 7) is 4.77. The molecule has 36 heavy (non-hydrogen) atoms. The lowest BCUT2D eigenvalue weighted by atomic mass is 10.1. The van der Waals surface area contributed by atoms with Gasteiger partial charge < -0.3 is 0 Å². The molecule has 10 heteroatoms. The topological polar surface area (TPSA) is 115 Å². The fourth-order valence-electron chi connectivity index (χ4n) is 3.65. The average molecular weight is 495 g/mol. The van der Waals surface area contributed by atoms with Gasteiger partial charge in [-0.2, -0.15) is 10.0 Å². The smallest absolute Gasteiger partial charge is 0.246 e. The van der Waals surface area contributed by atoms with Gasteiger partial charge in [-0.15, -0.1) is 0 Å². The number of hydrazine groups is 2. The maximum Gasteiger partial charge on any atom is 0.246 e. The summed E-state index contributed by atoms with van der Waals surface area (Å²) in [5.74, 6) is -3.42. The lowest BCUT2D eigenvalue weighted by Crippen LogP contribution is -2.52. The summed E-state index contributed by atoms with van der Waals surface area (Å²) in [5, 5.41) is 3.63. The number of anilines is 2. The van der Waals surface area contributed by atoms with E-state index < -0.39 is 35.4 Å². The largest absolute Gasteiger partial charge is 0.273 e. The molecule has 0 aliphatic rings. The van der Waals surface area contributed by atoms with E-state index >= 15 is 0 Å². The van der Waals surface area contributed by atoms with Gasteiger partial charge in [-0.1, -0.05) is 36.4 Å². The van der Waals surface area contributed by atoms with Gasteiger partial charge in [0.2, 0.25) is 35.4 Å². The van der Waals surface area contributed by atoms with Crippen molar-refractivity contribution in [3.8, 4) is 0 Å². The normalized spacial score (nSPS) is 10.2. The SMILES string of the molecule is CC(=O)N(C(C)=O)N(C(=O)CCCCC(=O)N(c1ccccc1)N(C(C)=O)C(C)=O)c1ccccc1. The first kappa shape index (κ1) is 27.9. The highest BCUT2D eigenvalue weighted by Crippen LogP contribution is 2.21. The van der Waals surface area contributed by atoms with Gasteiger partial charge in [0.1, 0.15) is 0 Å². The van der Waals surface area contributed by atoms with Crippen LogP contribution >= 0.6 is 0 Å². The Hall–Kier alpha value is -4.34. The van der Waals surface area contributed by atoms with Crippen molar-refractivity contribution < 1.29 is 28.8 Å². The standard InChI is InChI=1S/C26H30N4O6/c1-19(31)27(20(2)32)29(23-13-7-5-8-14-23)25(35)17-11-12-18-26(36)30(24-15-9-6-10-16-24)28(21(3)33)22(4)34/h5-10,13-16H,11-12,17-18H2,1-4H3. The van der Waals surface area contributed by atoms with Gasteiger partial charge in [0.15, 0.2) is 0 Å². The lowest BCUT2D eigenvalue weighted by Gasteiger charge is -2.32. The number of hydrogen-bond donors (Lipinski definition) is 0. The van der Waals surface area contributed by atoms with Crippen LogP contribution in [0, 0.1) is 0 Å². The lowest BCUT2D eigenvalue weighted by molar-refractivity contribution is -0.147. The van der Waals surface area contributed by atoms with Crippen LogP contribution in [0.25, 0.3) is 0 Å². The molecule has 0 heterocycles. The second-order valence-corrected chi connectivity index (χ2v) is 7.99. The van der Waals surface area contributed by atoms with Crippen molar-refractivity contribution in [2.75, 3.05) is 10.0 Å². The van der Waals surface area contributed by atoms with Crippen LogP contribution in [0.4, 0.5) is 11.4 Å². The number of hydrogen-bond acceptors (Lipinski definition) is 6. The van der Waals surface area contributed by atoms with Crippen molar-refractivity contribution in [3.63, 3.8) is 0 Å². The average Bonchev–Trinajstić information content (AvgIpc) is 2.83. The Kier molecular flexibility index (Phi) is 10.0. The third kappa shape index (κ3) is 7.08. The van der Waals surface area contributed by atoms with Crippen LogP contribution in [0.1, 0.15) is 53.4 Å². The molecule has 0 aromatic heterocycles. The fraction of sp³-hybridized carbons (Fsp3) is 0.308. The minimum atomic E-state index is -0.609. The molecule has 0 saturated carbocycles. The first-order chi connectivity index (χ1) is 17.1. The van der Waals surface area contributed by atoms with Gasteiger partial charge in [-0.25, -0.2) is 10.0 Å². The van der Waals surface area contributed by atoms with Crippen LogP contribution in [0.5, 0.6) is 0 Å². The molecule has 0 fully saturated rings. The van der Waals surface area contributed by atoms with Crippen LogP contribution in [-0.2, 0) is 28.8 Å². The number of carbonyl (C=O) groups is 6. The zero-order valence-electron chi connectivity index (χ0n) is 20.8. The van der Waals surface area contributed by atoms with E-state index in [-0.39, 0.29) is 25.7 Å². The van der Waals surface area contributed by atoms with Crippen molar-refractivity contribution in [1.82, 2.24) is 10.0 Å². The van der Waals surface area contributed by atoms with E-state index in [2.05, 4.69) is 0 Å². The molecule has 0 spiro atoms. The summed E-state index contributed by atoms with van der Waals surface area (Å²) >= 11 is 0. The molecule has 2 rings (SSSR count). The number of nitrogens with zero attached hydrogens (tertiary/aromatic N) is 4. The Morgan fingerprint density at radius 1 is 0.500 bits per heavy atom. The van der Waals surface area contributed by atoms with Crippen LogP contribution in [0.15, 0.2) is 60.7 Å². The number of carbonyl (C=O) groups excluding carboxylic acids is 6. The van der Waals surface area contributed by atoms with E-state index in [1.807, 2.05) is 0 Å². The van der Waals surface area contributed by atoms with E-state index in [0.717, 1.165) is 20.0 Å². The highest BCUT2D eigenvalue weighted by molar-refractivity contribution is 6.05. The zero-order valence-corrected chi connectivity index (χ0v) is 20.8. The van der Waals surface area contributed by atoms with Crippen LogP contribution < -0.4 is 10.0 Å². The number of imide groups is 2. The molecule has 0 saturated heterocycles. The molecule has 2 aromatic rings. The van der Waals surface area contributed by atoms with E-state index in [1.165, 1.54) is 27.7 Å². The Morgan fingerprint density at radius 3 is 1.03 bits per heavy atom. The summed E-state index contributed by atoms with van der Waals surface area (Å²) in [5.41, 5.74) is 0.718. The number of para-hydroxylation sites is 2. The summed E-state index contributed by atoms with van der Waals surface area (Å²) < 4.78 is 0. The van der Waals surface area contributed by atoms with Gasteiger partial charge in [0, 0.05) is 40.5 Å². The second-order valence-electron chi connectivity index (χ2n) is 7.99. The molecular weight excluding hydrogens is 464 g/mol. The third-order valence-electron chi connectivity index (χ3n) is 5.10. The number of amides is 6. The highest BCUT2D eigenvalue weighted by Gasteiger charge is 2.30. The fourth-order valence-corrected chi connectivity index (χ4v) is 3.65. The third-order valence-corrected chi connectivity index (χ3v) is 5.10. The molecule has 0 N–H and O–H groups in total. The Labute approximate surface area is 210 Å². The quantitative estimate of drug-likeness (QED) is 0.431. The van der Waals surface area contributed by atoms with Crippen molar-refractivity contribution in [2.45, 2.75) is 53.4 Å². The van der Waals surface area contributed by atoms with E-state index in [9.17, 15) is 28.8 Å². The second kappa shape index (κ2) is 12.9. The van der Waals surface area contributed by atoms with E-state index in [1.54, 1.807) is 60.7 Å². The molecule has 0 bridgehead atoms. The molecule has 0 unspecified atom stereocenters. The molecule has 6 amide bonds. The molecule has 0 radical (unpaired) electrons. The van der Waals surface area contributed by atoms with Gasteiger partial charge in [-0.3, -0.25) is 28.8 Å². The predicted molar refractivity (Wildman–Crippen MR) is 133 cm³/mol. The minimum Gasteiger partial charge on any atom is -0.273 e. The molecule has 2 aromatic carbocycles. The van der Waals surface area contributed by atoms with Gasteiger partial charge in [0.05, 0.1) is 11.4 Å². The maximum atomic E-state index is 13.1. The van der Waals surface area contributed by atoms with Gasteiger partial charge >= 0.3 is 0 Å². The first-order valence-corrected chi connectivity index (χ1v) is 11.4. The zero-order chi connectivity index (χ0) is 26.8. The van der Waals surface area contributed by atoms with E-state index in [0.29, 0.717) is 11.4 Å². The Balaban J connectivity index is 2.14. The Bertz CT molecular complexity index is 1000. The molecular formula is C26H30N4O6. The number of unbranched alkanes of at least 4 members (excludes halogenated alkanes) is 1. The summed E-state index contributed by atoms with van der Waals surface area (Å²) in [4.78, 5) is 74.6. The maximum absolute atomic E-state index is 13.1.